The quantitative estimate of drug-likeness (QED) is 0.786. The van der Waals surface area contributed by atoms with E-state index in [0.717, 1.165) is 31.8 Å². The summed E-state index contributed by atoms with van der Waals surface area (Å²) < 4.78 is 5.37. The Labute approximate surface area is 130 Å². The Balaban J connectivity index is 1.85. The van der Waals surface area contributed by atoms with E-state index in [1.807, 2.05) is 0 Å². The van der Waals surface area contributed by atoms with Gasteiger partial charge in [0.2, 0.25) is 0 Å². The van der Waals surface area contributed by atoms with Crippen molar-refractivity contribution in [2.75, 3.05) is 40.4 Å². The van der Waals surface area contributed by atoms with Crippen molar-refractivity contribution in [3.8, 4) is 0 Å². The van der Waals surface area contributed by atoms with Crippen LogP contribution in [-0.2, 0) is 4.74 Å². The van der Waals surface area contributed by atoms with Gasteiger partial charge in [-0.1, -0.05) is 13.3 Å². The maximum atomic E-state index is 10.7. The molecule has 4 nitrogen and oxygen atoms in total. The lowest BCUT2D eigenvalue weighted by Gasteiger charge is -2.40. The Kier molecular flexibility index (Phi) is 6.48. The Bertz CT molecular complexity index is 305. The van der Waals surface area contributed by atoms with Crippen LogP contribution in [0.3, 0.4) is 0 Å². The number of rotatable bonds is 6. The molecule has 2 rings (SSSR count). The molecule has 0 aromatic heterocycles. The minimum Gasteiger partial charge on any atom is -0.388 e. The predicted octanol–water partition coefficient (Wildman–Crippen LogP) is 1.87. The highest BCUT2D eigenvalue weighted by Crippen LogP contribution is 2.32. The second-order valence-electron chi connectivity index (χ2n) is 7.28. The first-order chi connectivity index (χ1) is 10.1. The minimum absolute atomic E-state index is 0.541. The molecule has 0 aromatic carbocycles. The number of nitrogens with zero attached hydrogens (tertiary/aromatic N) is 1. The van der Waals surface area contributed by atoms with Gasteiger partial charge in [0, 0.05) is 45.2 Å². The fraction of sp³-hybridized carbons (Fsp3) is 1.00. The lowest BCUT2D eigenvalue weighted by Crippen LogP contribution is -2.49. The van der Waals surface area contributed by atoms with Crippen molar-refractivity contribution in [1.82, 2.24) is 10.2 Å². The molecular weight excluding hydrogens is 264 g/mol. The molecule has 1 aliphatic heterocycles. The van der Waals surface area contributed by atoms with Gasteiger partial charge >= 0.3 is 0 Å². The van der Waals surface area contributed by atoms with Gasteiger partial charge in [-0.05, 0) is 45.2 Å². The van der Waals surface area contributed by atoms with E-state index in [2.05, 4.69) is 31.2 Å². The second-order valence-corrected chi connectivity index (χ2v) is 7.28. The Morgan fingerprint density at radius 1 is 1.29 bits per heavy atom. The molecule has 1 saturated carbocycles. The Hall–Kier alpha value is -0.160. The minimum atomic E-state index is -0.541. The van der Waals surface area contributed by atoms with Crippen molar-refractivity contribution in [2.45, 2.75) is 57.1 Å². The van der Waals surface area contributed by atoms with E-state index in [1.165, 1.54) is 25.7 Å². The van der Waals surface area contributed by atoms with Gasteiger partial charge in [0.25, 0.3) is 0 Å². The summed E-state index contributed by atoms with van der Waals surface area (Å²) in [5, 5.41) is 14.2. The van der Waals surface area contributed by atoms with Gasteiger partial charge in [-0.15, -0.1) is 0 Å². The van der Waals surface area contributed by atoms with Crippen molar-refractivity contribution in [3.63, 3.8) is 0 Å². The van der Waals surface area contributed by atoms with E-state index < -0.39 is 5.60 Å². The first-order valence-corrected chi connectivity index (χ1v) is 8.72. The van der Waals surface area contributed by atoms with Crippen LogP contribution < -0.4 is 5.32 Å². The third kappa shape index (κ3) is 4.92. The zero-order valence-electron chi connectivity index (χ0n) is 14.1. The number of ether oxygens (including phenoxy) is 1. The van der Waals surface area contributed by atoms with E-state index in [9.17, 15) is 5.11 Å². The van der Waals surface area contributed by atoms with Crippen molar-refractivity contribution in [2.24, 2.45) is 11.8 Å². The number of likely N-dealkylation sites (N-methyl/N-ethyl adjacent to an activating group) is 1. The lowest BCUT2D eigenvalue weighted by molar-refractivity contribution is -0.0790. The van der Waals surface area contributed by atoms with Crippen LogP contribution in [-0.4, -0.2) is 62.0 Å². The normalized spacial score (nSPS) is 33.3. The van der Waals surface area contributed by atoms with Gasteiger partial charge in [0.1, 0.15) is 0 Å². The van der Waals surface area contributed by atoms with Crippen LogP contribution in [0, 0.1) is 11.8 Å². The SMILES string of the molecule is CCC1CCC(NC)C(CN(C)CC2(O)CCOCC2)C1. The zero-order valence-corrected chi connectivity index (χ0v) is 14.1. The highest BCUT2D eigenvalue weighted by molar-refractivity contribution is 4.88. The van der Waals surface area contributed by atoms with Gasteiger partial charge in [0.05, 0.1) is 5.60 Å². The zero-order chi connectivity index (χ0) is 15.3. The van der Waals surface area contributed by atoms with E-state index in [1.54, 1.807) is 0 Å². The van der Waals surface area contributed by atoms with Gasteiger partial charge in [-0.25, -0.2) is 0 Å². The number of hydrogen-bond acceptors (Lipinski definition) is 4. The lowest BCUT2D eigenvalue weighted by atomic mass is 9.76. The molecule has 124 valence electrons. The second kappa shape index (κ2) is 7.91. The maximum absolute atomic E-state index is 10.7. The molecule has 2 N–H and O–H groups in total. The molecule has 1 aliphatic carbocycles. The third-order valence-corrected chi connectivity index (χ3v) is 5.57. The van der Waals surface area contributed by atoms with Gasteiger partial charge < -0.3 is 20.1 Å². The standard InChI is InChI=1S/C17H34N2O2/c1-4-14-5-6-16(18-2)15(11-14)12-19(3)13-17(20)7-9-21-10-8-17/h14-16,18,20H,4-13H2,1-3H3. The highest BCUT2D eigenvalue weighted by Gasteiger charge is 2.34. The molecule has 0 radical (unpaired) electrons. The molecular formula is C17H34N2O2. The summed E-state index contributed by atoms with van der Waals surface area (Å²) in [4.78, 5) is 2.35. The summed E-state index contributed by atoms with van der Waals surface area (Å²) in [6, 6.07) is 0.639. The van der Waals surface area contributed by atoms with Crippen LogP contribution in [0.5, 0.6) is 0 Å². The largest absolute Gasteiger partial charge is 0.388 e. The monoisotopic (exact) mass is 298 g/mol. The van der Waals surface area contributed by atoms with Crippen LogP contribution >= 0.6 is 0 Å². The Morgan fingerprint density at radius 2 is 2.00 bits per heavy atom. The van der Waals surface area contributed by atoms with Crippen LogP contribution in [0.4, 0.5) is 0 Å². The third-order valence-electron chi connectivity index (χ3n) is 5.57. The molecule has 3 atom stereocenters. The summed E-state index contributed by atoms with van der Waals surface area (Å²) in [5.41, 5.74) is -0.541. The molecule has 4 heteroatoms. The smallest absolute Gasteiger partial charge is 0.0817 e. The summed E-state index contributed by atoms with van der Waals surface area (Å²) in [6.07, 6.45) is 6.84. The summed E-state index contributed by atoms with van der Waals surface area (Å²) in [6.45, 7) is 5.58. The van der Waals surface area contributed by atoms with Gasteiger partial charge in [0.15, 0.2) is 0 Å². The molecule has 2 aliphatic rings. The number of aliphatic hydroxyl groups is 1. The summed E-state index contributed by atoms with van der Waals surface area (Å²) >= 11 is 0. The van der Waals surface area contributed by atoms with Crippen LogP contribution in [0.2, 0.25) is 0 Å². The highest BCUT2D eigenvalue weighted by atomic mass is 16.5. The number of nitrogens with one attached hydrogen (secondary N) is 1. The van der Waals surface area contributed by atoms with Crippen LogP contribution in [0.25, 0.3) is 0 Å². The van der Waals surface area contributed by atoms with Crippen molar-refractivity contribution in [3.05, 3.63) is 0 Å². The first-order valence-electron chi connectivity index (χ1n) is 8.72. The molecule has 21 heavy (non-hydrogen) atoms. The van der Waals surface area contributed by atoms with Crippen molar-refractivity contribution >= 4 is 0 Å². The molecule has 0 amide bonds. The van der Waals surface area contributed by atoms with Gasteiger partial charge in [-0.2, -0.15) is 0 Å². The molecule has 1 heterocycles. The summed E-state index contributed by atoms with van der Waals surface area (Å²) in [7, 11) is 4.26. The van der Waals surface area contributed by atoms with E-state index in [0.29, 0.717) is 25.2 Å². The average Bonchev–Trinajstić information content (AvgIpc) is 2.47. The molecule has 0 bridgehead atoms. The Morgan fingerprint density at radius 3 is 2.62 bits per heavy atom. The molecule has 3 unspecified atom stereocenters. The predicted molar refractivity (Wildman–Crippen MR) is 86.5 cm³/mol. The van der Waals surface area contributed by atoms with Crippen molar-refractivity contribution in [1.29, 1.82) is 0 Å². The van der Waals surface area contributed by atoms with E-state index in [4.69, 9.17) is 4.74 Å². The van der Waals surface area contributed by atoms with Crippen LogP contribution in [0.15, 0.2) is 0 Å². The van der Waals surface area contributed by atoms with E-state index >= 15 is 0 Å². The fourth-order valence-electron chi connectivity index (χ4n) is 4.19. The van der Waals surface area contributed by atoms with Crippen molar-refractivity contribution < 1.29 is 9.84 Å². The summed E-state index contributed by atoms with van der Waals surface area (Å²) in [5.74, 6) is 1.60. The molecule has 2 fully saturated rings. The van der Waals surface area contributed by atoms with E-state index in [-0.39, 0.29) is 0 Å². The molecule has 0 spiro atoms. The molecule has 0 aromatic rings. The maximum Gasteiger partial charge on any atom is 0.0817 e. The molecule has 1 saturated heterocycles. The van der Waals surface area contributed by atoms with Gasteiger partial charge in [-0.3, -0.25) is 0 Å². The number of hydrogen-bond donors (Lipinski definition) is 2. The van der Waals surface area contributed by atoms with Crippen LogP contribution in [0.1, 0.15) is 45.4 Å². The average molecular weight is 298 g/mol. The topological polar surface area (TPSA) is 44.7 Å². The fourth-order valence-corrected chi connectivity index (χ4v) is 4.19. The first kappa shape index (κ1) is 17.2.